The molecular weight excluding hydrogens is 512 g/mol. The zero-order chi connectivity index (χ0) is 25.1. The molecule has 4 aromatic carbocycles. The average Bonchev–Trinajstić information content (AvgIpc) is 3.20. The Morgan fingerprint density at radius 2 is 1.33 bits per heavy atom. The number of hydrogen-bond acceptors (Lipinski definition) is 4. The summed E-state index contributed by atoms with van der Waals surface area (Å²) in [5.41, 5.74) is 3.44. The number of fused-ring (bicyclic) bond motifs is 1. The number of sulfonamides is 1. The molecule has 0 spiro atoms. The van der Waals surface area contributed by atoms with E-state index in [1.165, 1.54) is 4.31 Å². The summed E-state index contributed by atoms with van der Waals surface area (Å²) in [6.07, 6.45) is 0. The zero-order valence-corrected chi connectivity index (χ0v) is 21.6. The first-order valence-corrected chi connectivity index (χ1v) is 14.0. The Morgan fingerprint density at radius 1 is 0.750 bits per heavy atom. The van der Waals surface area contributed by atoms with Crippen LogP contribution in [0.15, 0.2) is 113 Å². The zero-order valence-electron chi connectivity index (χ0n) is 19.2. The molecule has 1 heterocycles. The van der Waals surface area contributed by atoms with Crippen LogP contribution < -0.4 is 4.87 Å². The number of hydrogen-bond donors (Lipinski definition) is 0. The third kappa shape index (κ3) is 5.29. The maximum Gasteiger partial charge on any atom is 0.308 e. The largest absolute Gasteiger partial charge is 0.308 e. The van der Waals surface area contributed by atoms with Crippen molar-refractivity contribution in [3.63, 3.8) is 0 Å². The van der Waals surface area contributed by atoms with E-state index in [2.05, 4.69) is 0 Å². The van der Waals surface area contributed by atoms with Gasteiger partial charge in [0.2, 0.25) is 10.0 Å². The van der Waals surface area contributed by atoms with Gasteiger partial charge in [0.15, 0.2) is 0 Å². The van der Waals surface area contributed by atoms with Crippen LogP contribution in [0.1, 0.15) is 16.7 Å². The van der Waals surface area contributed by atoms with E-state index >= 15 is 0 Å². The van der Waals surface area contributed by atoms with E-state index in [1.54, 1.807) is 34.9 Å². The lowest BCUT2D eigenvalue weighted by Gasteiger charge is -2.23. The molecule has 1 aromatic heterocycles. The topological polar surface area (TPSA) is 59.4 Å². The van der Waals surface area contributed by atoms with Gasteiger partial charge in [-0.1, -0.05) is 95.7 Å². The summed E-state index contributed by atoms with van der Waals surface area (Å²) in [4.78, 5) is 12.8. The van der Waals surface area contributed by atoms with Crippen LogP contribution in [0, 0.1) is 0 Å². The minimum atomic E-state index is -3.84. The van der Waals surface area contributed by atoms with Crippen LogP contribution >= 0.6 is 22.9 Å². The first kappa shape index (κ1) is 24.5. The van der Waals surface area contributed by atoms with Gasteiger partial charge in [-0.3, -0.25) is 9.36 Å². The summed E-state index contributed by atoms with van der Waals surface area (Å²) in [7, 11) is -3.84. The summed E-state index contributed by atoms with van der Waals surface area (Å²) in [5, 5.41) is 0.631. The molecule has 5 rings (SSSR count). The van der Waals surface area contributed by atoms with Crippen LogP contribution in [0.25, 0.3) is 10.2 Å². The van der Waals surface area contributed by atoms with E-state index in [1.807, 2.05) is 72.8 Å². The number of nitrogens with zero attached hydrogens (tertiary/aromatic N) is 2. The van der Waals surface area contributed by atoms with Gasteiger partial charge in [-0.15, -0.1) is 0 Å². The van der Waals surface area contributed by atoms with E-state index in [4.69, 9.17) is 11.6 Å². The van der Waals surface area contributed by atoms with Gasteiger partial charge in [0.1, 0.15) is 0 Å². The molecule has 0 aliphatic rings. The SMILES string of the molecule is O=c1sc2cc(S(=O)(=O)N(Cc3ccccc3)Cc3ccccc3)ccc2n1Cc1ccc(Cl)cc1. The first-order valence-electron chi connectivity index (χ1n) is 11.4. The van der Waals surface area contributed by atoms with Crippen molar-refractivity contribution in [2.45, 2.75) is 24.5 Å². The van der Waals surface area contributed by atoms with Crippen LogP contribution in [0.2, 0.25) is 5.02 Å². The van der Waals surface area contributed by atoms with Crippen LogP contribution in [0.4, 0.5) is 0 Å². The molecule has 0 bridgehead atoms. The normalized spacial score (nSPS) is 11.8. The maximum absolute atomic E-state index is 13.8. The summed E-state index contributed by atoms with van der Waals surface area (Å²) in [5.74, 6) is 0. The summed E-state index contributed by atoms with van der Waals surface area (Å²) in [6.45, 7) is 0.865. The van der Waals surface area contributed by atoms with Crippen LogP contribution in [-0.4, -0.2) is 17.3 Å². The van der Waals surface area contributed by atoms with E-state index in [9.17, 15) is 13.2 Å². The molecule has 0 aliphatic carbocycles. The van der Waals surface area contributed by atoms with E-state index < -0.39 is 10.0 Å². The fraction of sp³-hybridized carbons (Fsp3) is 0.107. The number of rotatable bonds is 8. The highest BCUT2D eigenvalue weighted by atomic mass is 35.5. The first-order chi connectivity index (χ1) is 17.4. The third-order valence-corrected chi connectivity index (χ3v) is 8.92. The minimum Gasteiger partial charge on any atom is -0.294 e. The molecule has 0 aliphatic heterocycles. The van der Waals surface area contributed by atoms with E-state index in [-0.39, 0.29) is 22.9 Å². The minimum absolute atomic E-state index is 0.139. The number of benzene rings is 4. The van der Waals surface area contributed by atoms with Crippen LogP contribution in [-0.2, 0) is 29.7 Å². The Balaban J connectivity index is 1.50. The highest BCUT2D eigenvalue weighted by molar-refractivity contribution is 7.89. The highest BCUT2D eigenvalue weighted by Gasteiger charge is 2.26. The van der Waals surface area contributed by atoms with Gasteiger partial charge in [-0.05, 0) is 47.0 Å². The number of aromatic nitrogens is 1. The van der Waals surface area contributed by atoms with Crippen molar-refractivity contribution in [1.82, 2.24) is 8.87 Å². The van der Waals surface area contributed by atoms with Crippen molar-refractivity contribution in [3.05, 3.63) is 135 Å². The van der Waals surface area contributed by atoms with E-state index in [0.29, 0.717) is 21.8 Å². The highest BCUT2D eigenvalue weighted by Crippen LogP contribution is 2.27. The molecule has 36 heavy (non-hydrogen) atoms. The molecular formula is C28H23ClN2O3S2. The Bertz CT molecular complexity index is 1610. The molecule has 5 nitrogen and oxygen atoms in total. The monoisotopic (exact) mass is 534 g/mol. The number of halogens is 1. The molecule has 0 atom stereocenters. The van der Waals surface area contributed by atoms with Crippen LogP contribution in [0.5, 0.6) is 0 Å². The molecule has 0 amide bonds. The quantitative estimate of drug-likeness (QED) is 0.240. The second-order valence-electron chi connectivity index (χ2n) is 8.45. The molecule has 5 aromatic rings. The molecule has 0 saturated carbocycles. The van der Waals surface area contributed by atoms with E-state index in [0.717, 1.165) is 28.0 Å². The van der Waals surface area contributed by atoms with Gasteiger partial charge in [-0.2, -0.15) is 4.31 Å². The van der Waals surface area contributed by atoms with Gasteiger partial charge < -0.3 is 0 Å². The Labute approximate surface area is 218 Å². The predicted octanol–water partition coefficient (Wildman–Crippen LogP) is 6.16. The summed E-state index contributed by atoms with van der Waals surface area (Å²) < 4.78 is 31.4. The molecule has 0 fully saturated rings. The Kier molecular flexibility index (Phi) is 7.07. The Hall–Kier alpha value is -3.23. The van der Waals surface area contributed by atoms with Crippen molar-refractivity contribution in [1.29, 1.82) is 0 Å². The fourth-order valence-corrected chi connectivity index (χ4v) is 6.65. The van der Waals surface area contributed by atoms with Crippen LogP contribution in [0.3, 0.4) is 0 Å². The van der Waals surface area contributed by atoms with Crippen molar-refractivity contribution in [3.8, 4) is 0 Å². The van der Waals surface area contributed by atoms with Crippen molar-refractivity contribution in [2.24, 2.45) is 0 Å². The molecule has 8 heteroatoms. The summed E-state index contributed by atoms with van der Waals surface area (Å²) >= 11 is 7.03. The number of thiazole rings is 1. The maximum atomic E-state index is 13.8. The fourth-order valence-electron chi connectivity index (χ4n) is 4.08. The second kappa shape index (κ2) is 10.4. The smallest absolute Gasteiger partial charge is 0.294 e. The van der Waals surface area contributed by atoms with Crippen molar-refractivity contribution in [2.75, 3.05) is 0 Å². The summed E-state index contributed by atoms with van der Waals surface area (Å²) in [6, 6.07) is 31.3. The van der Waals surface area contributed by atoms with Gasteiger partial charge in [0.05, 0.1) is 21.7 Å². The molecule has 0 radical (unpaired) electrons. The third-order valence-electron chi connectivity index (χ3n) is 5.93. The van der Waals surface area contributed by atoms with Gasteiger partial charge >= 0.3 is 4.87 Å². The van der Waals surface area contributed by atoms with Crippen molar-refractivity contribution >= 4 is 43.2 Å². The Morgan fingerprint density at radius 3 is 1.92 bits per heavy atom. The molecule has 0 saturated heterocycles. The molecule has 182 valence electrons. The predicted molar refractivity (Wildman–Crippen MR) is 146 cm³/mol. The molecule has 0 N–H and O–H groups in total. The molecule has 0 unspecified atom stereocenters. The van der Waals surface area contributed by atoms with Gasteiger partial charge in [-0.25, -0.2) is 8.42 Å². The average molecular weight is 535 g/mol. The van der Waals surface area contributed by atoms with Gasteiger partial charge in [0.25, 0.3) is 0 Å². The second-order valence-corrected chi connectivity index (χ2v) is 11.8. The van der Waals surface area contributed by atoms with Crippen molar-refractivity contribution < 1.29 is 8.42 Å². The van der Waals surface area contributed by atoms with Gasteiger partial charge in [0, 0.05) is 18.1 Å². The lowest BCUT2D eigenvalue weighted by Crippen LogP contribution is -2.30. The lowest BCUT2D eigenvalue weighted by atomic mass is 10.2. The lowest BCUT2D eigenvalue weighted by molar-refractivity contribution is 0.401. The standard InChI is InChI=1S/C28H23ClN2O3S2/c29-24-13-11-23(12-14-24)20-31-26-16-15-25(17-27(26)35-28(31)32)36(33,34)30(18-21-7-3-1-4-8-21)19-22-9-5-2-6-10-22/h1-17H,18-20H2.